The molecule has 0 aliphatic carbocycles. The zero-order valence-corrected chi connectivity index (χ0v) is 13.3. The lowest BCUT2D eigenvalue weighted by Crippen LogP contribution is -2.31. The largest absolute Gasteiger partial charge is 0.444 e. The number of hydrogen-bond donors (Lipinski definition) is 2. The van der Waals surface area contributed by atoms with Gasteiger partial charge in [-0.15, -0.1) is 0 Å². The highest BCUT2D eigenvalue weighted by Crippen LogP contribution is 2.31. The fraction of sp³-hybridized carbons (Fsp3) is 0.312. The molecule has 9 nitrogen and oxygen atoms in total. The fourth-order valence-corrected chi connectivity index (χ4v) is 3.10. The van der Waals surface area contributed by atoms with Gasteiger partial charge >= 0.3 is 6.09 Å². The van der Waals surface area contributed by atoms with Gasteiger partial charge in [-0.25, -0.2) is 19.7 Å². The first kappa shape index (κ1) is 15.1. The van der Waals surface area contributed by atoms with E-state index in [-0.39, 0.29) is 12.6 Å². The van der Waals surface area contributed by atoms with Gasteiger partial charge in [0.25, 0.3) is 0 Å². The van der Waals surface area contributed by atoms with Gasteiger partial charge in [0, 0.05) is 24.5 Å². The van der Waals surface area contributed by atoms with Crippen LogP contribution in [0.25, 0.3) is 21.9 Å². The molecule has 9 heteroatoms. The van der Waals surface area contributed by atoms with Crippen molar-refractivity contribution in [3.05, 3.63) is 24.8 Å². The number of aromatic amines is 1. The quantitative estimate of drug-likeness (QED) is 0.692. The fourth-order valence-electron chi connectivity index (χ4n) is 3.10. The van der Waals surface area contributed by atoms with E-state index in [4.69, 9.17) is 10.00 Å². The molecule has 1 aliphatic rings. The summed E-state index contributed by atoms with van der Waals surface area (Å²) >= 11 is 0. The average Bonchev–Trinajstić information content (AvgIpc) is 3.28. The highest BCUT2D eigenvalue weighted by molar-refractivity contribution is 6.08. The molecule has 1 amide bonds. The van der Waals surface area contributed by atoms with Crippen molar-refractivity contribution in [3.63, 3.8) is 0 Å². The summed E-state index contributed by atoms with van der Waals surface area (Å²) in [6.07, 6.45) is 5.00. The Morgan fingerprint density at radius 1 is 1.48 bits per heavy atom. The van der Waals surface area contributed by atoms with Crippen LogP contribution in [0, 0.1) is 11.3 Å². The number of aromatic nitrogens is 4. The van der Waals surface area contributed by atoms with Crippen molar-refractivity contribution in [2.75, 3.05) is 24.5 Å². The Morgan fingerprint density at radius 3 is 3.28 bits per heavy atom. The van der Waals surface area contributed by atoms with Crippen molar-refractivity contribution in [1.29, 1.82) is 5.26 Å². The molecule has 3 aromatic heterocycles. The molecular formula is C16H15N7O2. The highest BCUT2D eigenvalue weighted by Gasteiger charge is 2.28. The molecule has 25 heavy (non-hydrogen) atoms. The summed E-state index contributed by atoms with van der Waals surface area (Å²) in [5.74, 6) is 0.817. The zero-order valence-electron chi connectivity index (χ0n) is 13.3. The molecule has 1 aliphatic heterocycles. The molecule has 2 N–H and O–H groups in total. The van der Waals surface area contributed by atoms with Crippen molar-refractivity contribution < 1.29 is 9.53 Å². The Balaban J connectivity index is 1.60. The van der Waals surface area contributed by atoms with Crippen LogP contribution in [-0.2, 0) is 4.74 Å². The lowest BCUT2D eigenvalue weighted by Gasteiger charge is -2.19. The monoisotopic (exact) mass is 337 g/mol. The number of nitrogens with one attached hydrogen (secondary N) is 2. The first-order valence-corrected chi connectivity index (χ1v) is 7.89. The van der Waals surface area contributed by atoms with Gasteiger partial charge in [-0.2, -0.15) is 5.26 Å². The van der Waals surface area contributed by atoms with Gasteiger partial charge in [0.05, 0.1) is 36.0 Å². The van der Waals surface area contributed by atoms with Gasteiger partial charge in [0.15, 0.2) is 5.65 Å². The van der Waals surface area contributed by atoms with E-state index in [9.17, 15) is 4.79 Å². The number of H-pyrrole nitrogens is 1. The standard InChI is InChI=1S/C16H15N7O2/c17-3-5-19-16(24)25-10-2-6-23(8-10)15-13-11-1-4-18-14(11)20-7-12(13)21-9-22-15/h1,4,7,9-10H,2,5-6,8H2,(H,19,24)(H,21,22). The number of carbonyl (C=O) groups is 1. The summed E-state index contributed by atoms with van der Waals surface area (Å²) in [4.78, 5) is 29.9. The number of nitrogens with zero attached hydrogens (tertiary/aromatic N) is 5. The van der Waals surface area contributed by atoms with Crippen LogP contribution in [0.15, 0.2) is 24.8 Å². The summed E-state index contributed by atoms with van der Waals surface area (Å²) in [7, 11) is 0. The van der Waals surface area contributed by atoms with Crippen molar-refractivity contribution in [3.8, 4) is 6.07 Å². The Morgan fingerprint density at radius 2 is 2.40 bits per heavy atom. The molecule has 0 bridgehead atoms. The van der Waals surface area contributed by atoms with Crippen LogP contribution in [0.5, 0.6) is 0 Å². The van der Waals surface area contributed by atoms with Gasteiger partial charge < -0.3 is 19.9 Å². The summed E-state index contributed by atoms with van der Waals surface area (Å²) in [5, 5.41) is 12.8. The van der Waals surface area contributed by atoms with E-state index in [0.29, 0.717) is 18.6 Å². The number of hydrogen-bond acceptors (Lipinski definition) is 7. The minimum absolute atomic E-state index is 0.0645. The third kappa shape index (κ3) is 2.78. The molecule has 126 valence electrons. The Bertz CT molecular complexity index is 977. The molecule has 0 radical (unpaired) electrons. The van der Waals surface area contributed by atoms with Crippen LogP contribution in [0.3, 0.4) is 0 Å². The van der Waals surface area contributed by atoms with Crippen LogP contribution in [0.1, 0.15) is 6.42 Å². The first-order chi connectivity index (χ1) is 12.3. The molecule has 1 fully saturated rings. The van der Waals surface area contributed by atoms with E-state index in [1.54, 1.807) is 18.7 Å². The van der Waals surface area contributed by atoms with Crippen molar-refractivity contribution in [2.24, 2.45) is 0 Å². The third-order valence-electron chi connectivity index (χ3n) is 4.19. The second kappa shape index (κ2) is 6.24. The molecule has 4 rings (SSSR count). The van der Waals surface area contributed by atoms with E-state index in [1.807, 2.05) is 12.1 Å². The number of fused-ring (bicyclic) bond motifs is 3. The molecular weight excluding hydrogens is 322 g/mol. The van der Waals surface area contributed by atoms with E-state index < -0.39 is 6.09 Å². The molecule has 0 aromatic carbocycles. The maximum atomic E-state index is 11.6. The van der Waals surface area contributed by atoms with E-state index in [2.05, 4.69) is 30.2 Å². The number of carbonyl (C=O) groups excluding carboxylic acids is 1. The van der Waals surface area contributed by atoms with Crippen LogP contribution in [0.4, 0.5) is 10.6 Å². The maximum Gasteiger partial charge on any atom is 0.408 e. The number of rotatable bonds is 3. The second-order valence-corrected chi connectivity index (χ2v) is 5.73. The van der Waals surface area contributed by atoms with E-state index in [0.717, 1.165) is 28.7 Å². The van der Waals surface area contributed by atoms with Crippen molar-refractivity contribution in [2.45, 2.75) is 12.5 Å². The maximum absolute atomic E-state index is 11.6. The predicted molar refractivity (Wildman–Crippen MR) is 89.9 cm³/mol. The molecule has 1 unspecified atom stereocenters. The van der Waals surface area contributed by atoms with Crippen LogP contribution < -0.4 is 10.2 Å². The van der Waals surface area contributed by atoms with Gasteiger partial charge in [-0.05, 0) is 6.07 Å². The van der Waals surface area contributed by atoms with Gasteiger partial charge in [-0.3, -0.25) is 0 Å². The lowest BCUT2D eigenvalue weighted by molar-refractivity contribution is 0.109. The van der Waals surface area contributed by atoms with Gasteiger partial charge in [0.2, 0.25) is 0 Å². The van der Waals surface area contributed by atoms with E-state index in [1.165, 1.54) is 0 Å². The third-order valence-corrected chi connectivity index (χ3v) is 4.19. The first-order valence-electron chi connectivity index (χ1n) is 7.89. The highest BCUT2D eigenvalue weighted by atomic mass is 16.6. The second-order valence-electron chi connectivity index (χ2n) is 5.73. The lowest BCUT2D eigenvalue weighted by atomic mass is 10.2. The van der Waals surface area contributed by atoms with Crippen molar-refractivity contribution >= 4 is 33.8 Å². The Hall–Kier alpha value is -3.41. The molecule has 1 saturated heterocycles. The molecule has 4 heterocycles. The smallest absolute Gasteiger partial charge is 0.408 e. The van der Waals surface area contributed by atoms with Crippen molar-refractivity contribution in [1.82, 2.24) is 25.3 Å². The summed E-state index contributed by atoms with van der Waals surface area (Å²) in [6, 6.07) is 3.76. The number of ether oxygens (including phenoxy) is 1. The Kier molecular flexibility index (Phi) is 3.78. The zero-order chi connectivity index (χ0) is 17.2. The average molecular weight is 337 g/mol. The molecule has 0 saturated carbocycles. The molecule has 3 aromatic rings. The van der Waals surface area contributed by atoms with Gasteiger partial charge in [-0.1, -0.05) is 0 Å². The summed E-state index contributed by atoms with van der Waals surface area (Å²) < 4.78 is 5.35. The van der Waals surface area contributed by atoms with Crippen LogP contribution in [0.2, 0.25) is 0 Å². The summed E-state index contributed by atoms with van der Waals surface area (Å²) in [6.45, 7) is 1.20. The minimum atomic E-state index is -0.570. The number of pyridine rings is 1. The van der Waals surface area contributed by atoms with E-state index >= 15 is 0 Å². The van der Waals surface area contributed by atoms with Gasteiger partial charge in [0.1, 0.15) is 18.5 Å². The van der Waals surface area contributed by atoms with Crippen LogP contribution in [-0.4, -0.2) is 51.8 Å². The molecule has 1 atom stereocenters. The summed E-state index contributed by atoms with van der Waals surface area (Å²) in [5.41, 5.74) is 1.56. The normalized spacial score (nSPS) is 16.9. The number of amides is 1. The predicted octanol–water partition coefficient (Wildman–Crippen LogP) is 1.33. The topological polar surface area (TPSA) is 120 Å². The number of nitriles is 1. The SMILES string of the molecule is N#CCNC(=O)OC1CCN(c2nc[nH]c3cnc4nccc4c23)C1. The van der Waals surface area contributed by atoms with Crippen LogP contribution >= 0.6 is 0 Å². The molecule has 0 spiro atoms. The number of anilines is 1. The number of alkyl carbamates (subject to hydrolysis) is 1. The Labute approximate surface area is 142 Å². The minimum Gasteiger partial charge on any atom is -0.444 e.